The van der Waals surface area contributed by atoms with Crippen molar-refractivity contribution in [3.63, 3.8) is 0 Å². The Hall–Kier alpha value is -6.63. The van der Waals surface area contributed by atoms with Gasteiger partial charge in [-0.2, -0.15) is 9.97 Å². The quantitative estimate of drug-likeness (QED) is 0.187. The average Bonchev–Trinajstić information content (AvgIpc) is 3.87. The maximum atomic E-state index is 6.22. The van der Waals surface area contributed by atoms with E-state index in [1.165, 1.54) is 26.2 Å². The highest BCUT2D eigenvalue weighted by molar-refractivity contribution is 7.26. The van der Waals surface area contributed by atoms with E-state index in [9.17, 15) is 0 Å². The van der Waals surface area contributed by atoms with Gasteiger partial charge in [0.05, 0.1) is 11.0 Å². The molecule has 0 radical (unpaired) electrons. The first-order valence-corrected chi connectivity index (χ1v) is 17.8. The third-order valence-electron chi connectivity index (χ3n) is 9.89. The lowest BCUT2D eigenvalue weighted by Gasteiger charge is -2.11. The number of hydrogen-bond acceptors (Lipinski definition) is 5. The van der Waals surface area contributed by atoms with Crippen molar-refractivity contribution in [3.05, 3.63) is 158 Å². The molecule has 11 rings (SSSR count). The Morgan fingerprint density at radius 2 is 1.06 bits per heavy atom. The Morgan fingerprint density at radius 3 is 1.86 bits per heavy atom. The molecular formula is C45H26N4OS. The zero-order valence-electron chi connectivity index (χ0n) is 27.1. The number of rotatable bonds is 4. The van der Waals surface area contributed by atoms with E-state index < -0.39 is 0 Å². The Labute approximate surface area is 295 Å². The highest BCUT2D eigenvalue weighted by Crippen LogP contribution is 2.42. The second-order valence-electron chi connectivity index (χ2n) is 12.8. The van der Waals surface area contributed by atoms with Gasteiger partial charge in [-0.25, -0.2) is 4.98 Å². The van der Waals surface area contributed by atoms with Gasteiger partial charge in [0.15, 0.2) is 11.6 Å². The van der Waals surface area contributed by atoms with Crippen LogP contribution in [0.5, 0.6) is 0 Å². The molecule has 238 valence electrons. The summed E-state index contributed by atoms with van der Waals surface area (Å²) in [6.07, 6.45) is 0. The van der Waals surface area contributed by atoms with Gasteiger partial charge in [-0.15, -0.1) is 11.3 Å². The van der Waals surface area contributed by atoms with E-state index in [2.05, 4.69) is 132 Å². The number of benzene rings is 7. The van der Waals surface area contributed by atoms with E-state index in [-0.39, 0.29) is 0 Å². The SMILES string of the molecule is c1ccc(-c2nc(-c3cccc4c3sc3cc(-c5ccc6c(c5)oc5ccccc56)ccc34)nc(-n3c4ccccc4c4ccccc43)n2)cc1. The van der Waals surface area contributed by atoms with Gasteiger partial charge in [0.2, 0.25) is 5.95 Å². The Balaban J connectivity index is 1.10. The molecule has 0 amide bonds. The Kier molecular flexibility index (Phi) is 6.05. The second kappa shape index (κ2) is 10.9. The van der Waals surface area contributed by atoms with Crippen LogP contribution in [0.1, 0.15) is 0 Å². The number of furan rings is 1. The molecule has 11 aromatic rings. The summed E-state index contributed by atoms with van der Waals surface area (Å²) in [4.78, 5) is 15.5. The summed E-state index contributed by atoms with van der Waals surface area (Å²) < 4.78 is 10.7. The molecule has 0 bridgehead atoms. The molecule has 0 fully saturated rings. The van der Waals surface area contributed by atoms with Crippen molar-refractivity contribution in [1.82, 2.24) is 19.5 Å². The summed E-state index contributed by atoms with van der Waals surface area (Å²) in [6, 6.07) is 55.0. The molecule has 51 heavy (non-hydrogen) atoms. The zero-order chi connectivity index (χ0) is 33.5. The molecular weight excluding hydrogens is 645 g/mol. The van der Waals surface area contributed by atoms with Crippen molar-refractivity contribution in [2.24, 2.45) is 0 Å². The van der Waals surface area contributed by atoms with Crippen LogP contribution in [0, 0.1) is 0 Å². The maximum Gasteiger partial charge on any atom is 0.238 e. The molecule has 0 saturated carbocycles. The van der Waals surface area contributed by atoms with Gasteiger partial charge >= 0.3 is 0 Å². The van der Waals surface area contributed by atoms with Gasteiger partial charge in [-0.3, -0.25) is 4.57 Å². The Bertz CT molecular complexity index is 3100. The second-order valence-corrected chi connectivity index (χ2v) is 13.9. The molecule has 0 spiro atoms. The predicted octanol–water partition coefficient (Wildman–Crippen LogP) is 12.2. The summed E-state index contributed by atoms with van der Waals surface area (Å²) in [7, 11) is 0. The first kappa shape index (κ1) is 28.2. The van der Waals surface area contributed by atoms with Gasteiger partial charge in [-0.05, 0) is 53.6 Å². The number of fused-ring (bicyclic) bond motifs is 9. The van der Waals surface area contributed by atoms with Crippen LogP contribution in [-0.2, 0) is 0 Å². The Morgan fingerprint density at radius 1 is 0.431 bits per heavy atom. The number of aromatic nitrogens is 4. The third kappa shape index (κ3) is 4.37. The molecule has 0 N–H and O–H groups in total. The first-order valence-electron chi connectivity index (χ1n) is 16.9. The summed E-state index contributed by atoms with van der Waals surface area (Å²) in [5, 5.41) is 7.00. The highest BCUT2D eigenvalue weighted by atomic mass is 32.1. The lowest BCUT2D eigenvalue weighted by Crippen LogP contribution is -2.06. The summed E-state index contributed by atoms with van der Waals surface area (Å²) in [5.74, 6) is 1.88. The first-order chi connectivity index (χ1) is 25.3. The van der Waals surface area contributed by atoms with Crippen LogP contribution in [0.2, 0.25) is 0 Å². The molecule has 7 aromatic carbocycles. The van der Waals surface area contributed by atoms with Gasteiger partial charge in [-0.1, -0.05) is 115 Å². The largest absolute Gasteiger partial charge is 0.456 e. The fourth-order valence-electron chi connectivity index (χ4n) is 7.50. The average molecular weight is 671 g/mol. The van der Waals surface area contributed by atoms with E-state index in [0.29, 0.717) is 17.6 Å². The minimum atomic E-state index is 0.595. The van der Waals surface area contributed by atoms with Gasteiger partial charge in [0.25, 0.3) is 0 Å². The summed E-state index contributed by atoms with van der Waals surface area (Å²) in [6.45, 7) is 0. The number of hydrogen-bond donors (Lipinski definition) is 0. The van der Waals surface area contributed by atoms with Gasteiger partial charge in [0, 0.05) is 52.8 Å². The summed E-state index contributed by atoms with van der Waals surface area (Å²) >= 11 is 1.78. The van der Waals surface area contributed by atoms with Crippen LogP contribution in [-0.4, -0.2) is 19.5 Å². The van der Waals surface area contributed by atoms with Crippen molar-refractivity contribution in [2.45, 2.75) is 0 Å². The van der Waals surface area contributed by atoms with Crippen molar-refractivity contribution >= 4 is 75.3 Å². The maximum absolute atomic E-state index is 6.22. The standard InChI is InChI=1S/C45H26N4OS/c1-2-11-27(12-3-1)43-46-44(48-45(47-43)49-37-18-7-4-13-30(37)31-14-5-8-19-38(31)49)36-17-10-16-35-34-24-22-29(26-41(34)51-42(35)36)28-21-23-33-32-15-6-9-20-39(32)50-40(33)25-28/h1-26H. The normalized spacial score (nSPS) is 11.9. The molecule has 0 aliphatic carbocycles. The zero-order valence-corrected chi connectivity index (χ0v) is 27.9. The van der Waals surface area contributed by atoms with Crippen LogP contribution < -0.4 is 0 Å². The minimum absolute atomic E-state index is 0.595. The van der Waals surface area contributed by atoms with Crippen molar-refractivity contribution in [2.75, 3.05) is 0 Å². The molecule has 0 unspecified atom stereocenters. The van der Waals surface area contributed by atoms with Gasteiger partial charge < -0.3 is 4.42 Å². The van der Waals surface area contributed by atoms with E-state index in [1.54, 1.807) is 11.3 Å². The minimum Gasteiger partial charge on any atom is -0.456 e. The van der Waals surface area contributed by atoms with E-state index in [1.807, 2.05) is 30.3 Å². The molecule has 0 aliphatic rings. The van der Waals surface area contributed by atoms with E-state index in [0.717, 1.165) is 59.9 Å². The predicted molar refractivity (Wildman–Crippen MR) is 211 cm³/mol. The van der Waals surface area contributed by atoms with Crippen LogP contribution in [0.25, 0.3) is 104 Å². The molecule has 6 heteroatoms. The lowest BCUT2D eigenvalue weighted by atomic mass is 10.0. The number of thiophene rings is 1. The molecule has 4 aromatic heterocycles. The fourth-order valence-corrected chi connectivity index (χ4v) is 8.75. The molecule has 0 saturated heterocycles. The van der Waals surface area contributed by atoms with Crippen molar-refractivity contribution < 1.29 is 4.42 Å². The lowest BCUT2D eigenvalue weighted by molar-refractivity contribution is 0.669. The molecule has 5 nitrogen and oxygen atoms in total. The van der Waals surface area contributed by atoms with Gasteiger partial charge in [0.1, 0.15) is 11.2 Å². The monoisotopic (exact) mass is 670 g/mol. The molecule has 0 aliphatic heterocycles. The fraction of sp³-hybridized carbons (Fsp3) is 0. The summed E-state index contributed by atoms with van der Waals surface area (Å²) in [5.41, 5.74) is 8.13. The smallest absolute Gasteiger partial charge is 0.238 e. The highest BCUT2D eigenvalue weighted by Gasteiger charge is 2.20. The van der Waals surface area contributed by atoms with E-state index >= 15 is 0 Å². The van der Waals surface area contributed by atoms with Crippen LogP contribution in [0.4, 0.5) is 0 Å². The van der Waals surface area contributed by atoms with E-state index in [4.69, 9.17) is 19.4 Å². The van der Waals surface area contributed by atoms with Crippen molar-refractivity contribution in [3.8, 4) is 39.9 Å². The van der Waals surface area contributed by atoms with Crippen LogP contribution >= 0.6 is 11.3 Å². The topological polar surface area (TPSA) is 56.7 Å². The van der Waals surface area contributed by atoms with Crippen LogP contribution in [0.3, 0.4) is 0 Å². The number of para-hydroxylation sites is 3. The molecule has 0 atom stereocenters. The van der Waals surface area contributed by atoms with Crippen LogP contribution in [0.15, 0.2) is 162 Å². The molecule has 4 heterocycles. The number of nitrogens with zero attached hydrogens (tertiary/aromatic N) is 4. The van der Waals surface area contributed by atoms with Crippen molar-refractivity contribution in [1.29, 1.82) is 0 Å². The third-order valence-corrected chi connectivity index (χ3v) is 11.1.